The van der Waals surface area contributed by atoms with Crippen LogP contribution in [0.4, 0.5) is 17.1 Å². The molecule has 0 amide bonds. The molecular formula is C62H73B2NSi. The Morgan fingerprint density at radius 1 is 0.379 bits per heavy atom. The summed E-state index contributed by atoms with van der Waals surface area (Å²) in [6, 6.07) is 46.5. The number of para-hydroxylation sites is 2. The van der Waals surface area contributed by atoms with E-state index in [-0.39, 0.29) is 13.4 Å². The van der Waals surface area contributed by atoms with Gasteiger partial charge in [-0.1, -0.05) is 228 Å². The van der Waals surface area contributed by atoms with Crippen LogP contribution in [0.1, 0.15) is 180 Å². The molecule has 0 bridgehead atoms. The molecule has 0 fully saturated rings. The van der Waals surface area contributed by atoms with Gasteiger partial charge in [-0.25, -0.2) is 0 Å². The number of fused-ring (bicyclic) bond motifs is 6. The number of hydrogen-bond donors (Lipinski definition) is 0. The monoisotopic (exact) mass is 882 g/mol. The van der Waals surface area contributed by atoms with Crippen LogP contribution in [-0.4, -0.2) is 21.5 Å². The van der Waals surface area contributed by atoms with Crippen molar-refractivity contribution in [1.82, 2.24) is 0 Å². The smallest absolute Gasteiger partial charge is 0.240 e. The van der Waals surface area contributed by atoms with E-state index in [1.54, 1.807) is 10.4 Å². The van der Waals surface area contributed by atoms with Gasteiger partial charge in [-0.05, 0) is 131 Å². The van der Waals surface area contributed by atoms with Gasteiger partial charge in [0.25, 0.3) is 0 Å². The van der Waals surface area contributed by atoms with Gasteiger partial charge >= 0.3 is 0 Å². The zero-order valence-corrected chi connectivity index (χ0v) is 44.0. The quantitative estimate of drug-likeness (QED) is 0.131. The van der Waals surface area contributed by atoms with Gasteiger partial charge in [0, 0.05) is 17.1 Å². The molecule has 0 aliphatic carbocycles. The number of allylic oxidation sites excluding steroid dienone is 4. The second-order valence-electron chi connectivity index (χ2n) is 22.1. The fourth-order valence-electron chi connectivity index (χ4n) is 12.6. The largest absolute Gasteiger partial charge is 0.311 e. The highest BCUT2D eigenvalue weighted by molar-refractivity contribution is 7.15. The lowest BCUT2D eigenvalue weighted by atomic mass is 9.20. The molecule has 0 N–H and O–H groups in total. The van der Waals surface area contributed by atoms with Crippen molar-refractivity contribution in [2.24, 2.45) is 0 Å². The number of anilines is 3. The third-order valence-electron chi connectivity index (χ3n) is 16.4. The van der Waals surface area contributed by atoms with Crippen LogP contribution in [0.2, 0.25) is 0 Å². The normalized spacial score (nSPS) is 15.4. The Bertz CT molecular complexity index is 2830. The van der Waals surface area contributed by atoms with Crippen molar-refractivity contribution in [2.45, 2.75) is 146 Å². The Kier molecular flexibility index (Phi) is 12.0. The first-order valence-electron chi connectivity index (χ1n) is 25.3. The van der Waals surface area contributed by atoms with Crippen LogP contribution in [0, 0.1) is 0 Å². The molecule has 9 rings (SSSR count). The molecular weight excluding hydrogens is 808 g/mol. The van der Waals surface area contributed by atoms with Crippen LogP contribution in [0.25, 0.3) is 0 Å². The van der Waals surface area contributed by atoms with E-state index in [9.17, 15) is 0 Å². The topological polar surface area (TPSA) is 3.24 Å². The average molecular weight is 882 g/mol. The van der Waals surface area contributed by atoms with E-state index in [4.69, 9.17) is 0 Å². The Balaban J connectivity index is 1.41. The lowest BCUT2D eigenvalue weighted by molar-refractivity contribution is 0.812. The van der Waals surface area contributed by atoms with E-state index in [0.29, 0.717) is 35.5 Å². The maximum absolute atomic E-state index is 2.66. The molecule has 6 aromatic carbocycles. The standard InChI is InChI=1S/C62H73B2NSi/c1-36(2)46-31-49(38(5)6)61(50(32-46)39(7)8)63-53-23-17-18-24-54(53)64(62-51(40(9)10)33-47(37(3)4)34-52(62)41(11)12)56-35-48(29-30-55(56)63)65-57-25-19-21-27-59(57)66(60-28-22-20-26-58(60)65)44(15)42(13)43(14)45(66)16/h17-41H,1-16H3. The van der Waals surface area contributed by atoms with Crippen LogP contribution in [0.5, 0.6) is 0 Å². The Labute approximate surface area is 401 Å². The van der Waals surface area contributed by atoms with Crippen molar-refractivity contribution < 1.29 is 0 Å². The van der Waals surface area contributed by atoms with Crippen LogP contribution < -0.4 is 48.1 Å². The van der Waals surface area contributed by atoms with Crippen molar-refractivity contribution >= 4 is 81.7 Å². The van der Waals surface area contributed by atoms with Crippen molar-refractivity contribution in [1.29, 1.82) is 0 Å². The average Bonchev–Trinajstić information content (AvgIpc) is 3.46. The zero-order chi connectivity index (χ0) is 47.3. The predicted octanol–water partition coefficient (Wildman–Crippen LogP) is 11.9. The van der Waals surface area contributed by atoms with E-state index >= 15 is 0 Å². The van der Waals surface area contributed by atoms with Crippen molar-refractivity contribution in [3.63, 3.8) is 0 Å². The molecule has 0 aromatic heterocycles. The van der Waals surface area contributed by atoms with Crippen LogP contribution in [-0.2, 0) is 0 Å². The molecule has 3 aliphatic rings. The van der Waals surface area contributed by atoms with E-state index in [2.05, 4.69) is 231 Å². The van der Waals surface area contributed by atoms with Gasteiger partial charge in [0.2, 0.25) is 13.4 Å². The third-order valence-corrected chi connectivity index (χ3v) is 21.9. The molecule has 66 heavy (non-hydrogen) atoms. The molecule has 1 spiro atoms. The summed E-state index contributed by atoms with van der Waals surface area (Å²) in [4.78, 5) is 2.64. The minimum absolute atomic E-state index is 0.0647. The zero-order valence-electron chi connectivity index (χ0n) is 43.0. The molecule has 3 heterocycles. The first-order chi connectivity index (χ1) is 31.4. The Morgan fingerprint density at radius 3 is 1.11 bits per heavy atom. The van der Waals surface area contributed by atoms with E-state index in [1.807, 2.05) is 0 Å². The van der Waals surface area contributed by atoms with Crippen molar-refractivity contribution in [3.8, 4) is 0 Å². The van der Waals surface area contributed by atoms with Gasteiger partial charge in [0.05, 0.1) is 0 Å². The maximum Gasteiger partial charge on any atom is 0.240 e. The van der Waals surface area contributed by atoms with Gasteiger partial charge in [-0.15, -0.1) is 0 Å². The first-order valence-corrected chi connectivity index (χ1v) is 27.3. The molecule has 4 heteroatoms. The van der Waals surface area contributed by atoms with Crippen molar-refractivity contribution in [3.05, 3.63) is 170 Å². The van der Waals surface area contributed by atoms with Crippen LogP contribution >= 0.6 is 0 Å². The number of rotatable bonds is 9. The molecule has 1 nitrogen and oxygen atoms in total. The third kappa shape index (κ3) is 6.93. The summed E-state index contributed by atoms with van der Waals surface area (Å²) in [6.45, 7) is 38.5. The van der Waals surface area contributed by atoms with Crippen LogP contribution in [0.15, 0.2) is 137 Å². The Hall–Kier alpha value is -5.05. The summed E-state index contributed by atoms with van der Waals surface area (Å²) < 4.78 is 0. The molecule has 3 aliphatic heterocycles. The summed E-state index contributed by atoms with van der Waals surface area (Å²) in [5.41, 5.74) is 24.6. The highest BCUT2D eigenvalue weighted by Crippen LogP contribution is 2.46. The van der Waals surface area contributed by atoms with Gasteiger partial charge in [0.15, 0.2) is 8.07 Å². The predicted molar refractivity (Wildman–Crippen MR) is 296 cm³/mol. The van der Waals surface area contributed by atoms with Gasteiger partial charge < -0.3 is 4.90 Å². The maximum atomic E-state index is 2.66. The van der Waals surface area contributed by atoms with E-state index in [0.717, 1.165) is 0 Å². The summed E-state index contributed by atoms with van der Waals surface area (Å²) in [5, 5.41) is 6.18. The highest BCUT2D eigenvalue weighted by Gasteiger charge is 2.52. The van der Waals surface area contributed by atoms with Crippen LogP contribution in [0.3, 0.4) is 0 Å². The SMILES string of the molecule is CC1=C(C)[Si]2(C(C)=C1C)c1ccccc1N(c1ccc3c(c1)B(c1c(C(C)C)cc(C(C)C)cc1C(C)C)c1ccccc1B3c1c(C(C)C)cc(C(C)C)cc1C(C)C)c1ccccc12. The second-order valence-corrected chi connectivity index (χ2v) is 26.2. The van der Waals surface area contributed by atoms with Crippen molar-refractivity contribution in [2.75, 3.05) is 4.90 Å². The summed E-state index contributed by atoms with van der Waals surface area (Å²) in [7, 11) is -2.45. The molecule has 0 saturated carbocycles. The molecule has 336 valence electrons. The molecule has 0 unspecified atom stereocenters. The Morgan fingerprint density at radius 2 is 0.727 bits per heavy atom. The first kappa shape index (κ1) is 46.1. The van der Waals surface area contributed by atoms with Gasteiger partial charge in [-0.2, -0.15) is 0 Å². The lowest BCUT2D eigenvalue weighted by Gasteiger charge is -2.45. The van der Waals surface area contributed by atoms with E-state index < -0.39 is 8.07 Å². The van der Waals surface area contributed by atoms with E-state index in [1.165, 1.54) is 105 Å². The number of benzene rings is 6. The fourth-order valence-corrected chi connectivity index (χ4v) is 18.5. The fraction of sp³-hybridized carbons (Fsp3) is 0.355. The summed E-state index contributed by atoms with van der Waals surface area (Å²) in [5.74, 6) is 2.39. The molecule has 0 radical (unpaired) electrons. The minimum atomic E-state index is -2.45. The number of hydrogen-bond acceptors (Lipinski definition) is 1. The molecule has 0 saturated heterocycles. The summed E-state index contributed by atoms with van der Waals surface area (Å²) in [6.07, 6.45) is 0. The molecule has 6 aromatic rings. The number of nitrogens with zero attached hydrogens (tertiary/aromatic N) is 1. The van der Waals surface area contributed by atoms with Gasteiger partial charge in [0.1, 0.15) is 0 Å². The van der Waals surface area contributed by atoms with Gasteiger partial charge in [-0.3, -0.25) is 0 Å². The second kappa shape index (κ2) is 17.2. The highest BCUT2D eigenvalue weighted by atomic mass is 28.3. The molecule has 0 atom stereocenters. The summed E-state index contributed by atoms with van der Waals surface area (Å²) >= 11 is 0. The lowest BCUT2D eigenvalue weighted by Crippen LogP contribution is -2.76. The minimum Gasteiger partial charge on any atom is -0.311 e.